The van der Waals surface area contributed by atoms with Crippen LogP contribution < -0.4 is 4.90 Å². The summed E-state index contributed by atoms with van der Waals surface area (Å²) in [6.45, 7) is 0. The van der Waals surface area contributed by atoms with Gasteiger partial charge in [0.25, 0.3) is 0 Å². The molecule has 74 valence electrons. The van der Waals surface area contributed by atoms with Crippen molar-refractivity contribution < 1.29 is 9.18 Å². The number of halogens is 2. The molecule has 1 aromatic carbocycles. The van der Waals surface area contributed by atoms with Gasteiger partial charge in [-0.15, -0.1) is 11.8 Å². The Bertz CT molecular complexity index is 385. The maximum atomic E-state index is 12.9. The van der Waals surface area contributed by atoms with Crippen LogP contribution in [-0.2, 0) is 4.79 Å². The molecule has 0 N–H and O–H groups in total. The van der Waals surface area contributed by atoms with Crippen LogP contribution in [0, 0.1) is 5.82 Å². The zero-order valence-corrected chi connectivity index (χ0v) is 9.57. The number of benzene rings is 1. The Labute approximate surface area is 93.6 Å². The van der Waals surface area contributed by atoms with Gasteiger partial charge in [-0.2, -0.15) is 0 Å². The summed E-state index contributed by atoms with van der Waals surface area (Å²) in [5.74, 6) is 0.924. The van der Waals surface area contributed by atoms with Crippen molar-refractivity contribution in [3.8, 4) is 0 Å². The van der Waals surface area contributed by atoms with Crippen molar-refractivity contribution >= 4 is 39.3 Å². The number of amides is 1. The minimum atomic E-state index is -0.312. The van der Waals surface area contributed by atoms with E-state index in [1.807, 2.05) is 0 Å². The van der Waals surface area contributed by atoms with Crippen molar-refractivity contribution in [1.82, 2.24) is 0 Å². The van der Waals surface area contributed by atoms with E-state index in [1.54, 1.807) is 28.8 Å². The number of anilines is 1. The predicted octanol–water partition coefficient (Wildman–Crippen LogP) is 2.63. The molecular formula is C9H7BrFNOS. The second kappa shape index (κ2) is 3.90. The molecule has 1 saturated heterocycles. The predicted molar refractivity (Wildman–Crippen MR) is 58.9 cm³/mol. The Morgan fingerprint density at radius 1 is 1.50 bits per heavy atom. The molecule has 1 amide bonds. The lowest BCUT2D eigenvalue weighted by Crippen LogP contribution is -2.24. The SMILES string of the molecule is O=C1CSCN1c1ccc(F)c(Br)c1. The van der Waals surface area contributed by atoms with E-state index in [4.69, 9.17) is 0 Å². The third kappa shape index (κ3) is 1.79. The molecule has 0 aromatic heterocycles. The van der Waals surface area contributed by atoms with E-state index in [1.165, 1.54) is 6.07 Å². The standard InChI is InChI=1S/C9H7BrFNOS/c10-7-3-6(1-2-8(7)11)12-5-14-4-9(12)13/h1-3H,4-5H2. The fourth-order valence-electron chi connectivity index (χ4n) is 1.25. The summed E-state index contributed by atoms with van der Waals surface area (Å²) in [6, 6.07) is 4.60. The average Bonchev–Trinajstić information content (AvgIpc) is 2.57. The van der Waals surface area contributed by atoms with Crippen LogP contribution in [0.25, 0.3) is 0 Å². The second-order valence-electron chi connectivity index (χ2n) is 2.90. The summed E-state index contributed by atoms with van der Waals surface area (Å²) in [5, 5.41) is 0. The molecule has 0 bridgehead atoms. The highest BCUT2D eigenvalue weighted by atomic mass is 79.9. The molecule has 1 heterocycles. The van der Waals surface area contributed by atoms with E-state index in [0.717, 1.165) is 5.69 Å². The summed E-state index contributed by atoms with van der Waals surface area (Å²) < 4.78 is 13.3. The highest BCUT2D eigenvalue weighted by molar-refractivity contribution is 9.10. The van der Waals surface area contributed by atoms with Gasteiger partial charge in [0, 0.05) is 5.69 Å². The Morgan fingerprint density at radius 2 is 2.29 bits per heavy atom. The van der Waals surface area contributed by atoms with E-state index in [-0.39, 0.29) is 11.7 Å². The third-order valence-electron chi connectivity index (χ3n) is 1.96. The third-order valence-corrected chi connectivity index (χ3v) is 3.46. The first-order chi connectivity index (χ1) is 6.68. The normalized spacial score (nSPS) is 16.4. The van der Waals surface area contributed by atoms with E-state index < -0.39 is 0 Å². The van der Waals surface area contributed by atoms with Crippen LogP contribution >= 0.6 is 27.7 Å². The van der Waals surface area contributed by atoms with Crippen molar-refractivity contribution in [3.05, 3.63) is 28.5 Å². The molecule has 2 rings (SSSR count). The van der Waals surface area contributed by atoms with Crippen LogP contribution in [0.4, 0.5) is 10.1 Å². The number of nitrogens with zero attached hydrogens (tertiary/aromatic N) is 1. The summed E-state index contributed by atoms with van der Waals surface area (Å²) >= 11 is 4.66. The van der Waals surface area contributed by atoms with Gasteiger partial charge in [0.05, 0.1) is 16.1 Å². The average molecular weight is 276 g/mol. The van der Waals surface area contributed by atoms with Gasteiger partial charge in [-0.05, 0) is 34.1 Å². The van der Waals surface area contributed by atoms with Crippen LogP contribution in [0.3, 0.4) is 0 Å². The molecule has 1 fully saturated rings. The minimum absolute atomic E-state index is 0.0773. The topological polar surface area (TPSA) is 20.3 Å². The van der Waals surface area contributed by atoms with Crippen LogP contribution in [0.1, 0.15) is 0 Å². The molecule has 0 spiro atoms. The molecule has 0 saturated carbocycles. The molecule has 0 aliphatic carbocycles. The van der Waals surface area contributed by atoms with Crippen molar-refractivity contribution in [3.63, 3.8) is 0 Å². The van der Waals surface area contributed by atoms with Crippen molar-refractivity contribution in [2.24, 2.45) is 0 Å². The van der Waals surface area contributed by atoms with Crippen LogP contribution in [0.2, 0.25) is 0 Å². The van der Waals surface area contributed by atoms with E-state index in [2.05, 4.69) is 15.9 Å². The maximum Gasteiger partial charge on any atom is 0.237 e. The Balaban J connectivity index is 2.32. The molecule has 5 heteroatoms. The van der Waals surface area contributed by atoms with Gasteiger partial charge in [-0.25, -0.2) is 4.39 Å². The molecule has 2 nitrogen and oxygen atoms in total. The minimum Gasteiger partial charge on any atom is -0.302 e. The van der Waals surface area contributed by atoms with Crippen molar-refractivity contribution in [1.29, 1.82) is 0 Å². The number of rotatable bonds is 1. The molecule has 1 aliphatic heterocycles. The van der Waals surface area contributed by atoms with Crippen LogP contribution in [-0.4, -0.2) is 17.5 Å². The first-order valence-electron chi connectivity index (χ1n) is 4.01. The van der Waals surface area contributed by atoms with Gasteiger partial charge < -0.3 is 4.90 Å². The highest BCUT2D eigenvalue weighted by Crippen LogP contribution is 2.27. The lowest BCUT2D eigenvalue weighted by Gasteiger charge is -2.14. The molecule has 14 heavy (non-hydrogen) atoms. The van der Waals surface area contributed by atoms with E-state index in [0.29, 0.717) is 16.1 Å². The number of carbonyl (C=O) groups excluding carboxylic acids is 1. The quantitative estimate of drug-likeness (QED) is 0.786. The van der Waals surface area contributed by atoms with Crippen molar-refractivity contribution in [2.45, 2.75) is 0 Å². The molecule has 0 atom stereocenters. The maximum absolute atomic E-state index is 12.9. The highest BCUT2D eigenvalue weighted by Gasteiger charge is 2.22. The van der Waals surface area contributed by atoms with Gasteiger partial charge >= 0.3 is 0 Å². The summed E-state index contributed by atoms with van der Waals surface area (Å²) in [6.07, 6.45) is 0. The van der Waals surface area contributed by atoms with Crippen molar-refractivity contribution in [2.75, 3.05) is 16.5 Å². The van der Waals surface area contributed by atoms with E-state index in [9.17, 15) is 9.18 Å². The summed E-state index contributed by atoms with van der Waals surface area (Å²) in [7, 11) is 0. The first-order valence-corrected chi connectivity index (χ1v) is 5.96. The largest absolute Gasteiger partial charge is 0.302 e. The molecular weight excluding hydrogens is 269 g/mol. The van der Waals surface area contributed by atoms with Gasteiger partial charge in [0.1, 0.15) is 5.82 Å². The number of thioether (sulfide) groups is 1. The zero-order valence-electron chi connectivity index (χ0n) is 7.17. The molecule has 0 unspecified atom stereocenters. The Hall–Kier alpha value is -0.550. The Morgan fingerprint density at radius 3 is 2.86 bits per heavy atom. The molecule has 1 aliphatic rings. The first kappa shape index (κ1) is 9.98. The molecule has 0 radical (unpaired) electrons. The zero-order chi connectivity index (χ0) is 10.1. The van der Waals surface area contributed by atoms with Gasteiger partial charge in [-0.1, -0.05) is 0 Å². The smallest absolute Gasteiger partial charge is 0.237 e. The molecule has 1 aromatic rings. The lowest BCUT2D eigenvalue weighted by molar-refractivity contribution is -0.115. The van der Waals surface area contributed by atoms with Gasteiger partial charge in [0.15, 0.2) is 0 Å². The fourth-order valence-corrected chi connectivity index (χ4v) is 2.51. The van der Waals surface area contributed by atoms with E-state index >= 15 is 0 Å². The van der Waals surface area contributed by atoms with Crippen LogP contribution in [0.15, 0.2) is 22.7 Å². The van der Waals surface area contributed by atoms with Crippen LogP contribution in [0.5, 0.6) is 0 Å². The number of carbonyl (C=O) groups is 1. The lowest BCUT2D eigenvalue weighted by atomic mass is 10.3. The van der Waals surface area contributed by atoms with Gasteiger partial charge in [0.2, 0.25) is 5.91 Å². The fraction of sp³-hybridized carbons (Fsp3) is 0.222. The number of hydrogen-bond acceptors (Lipinski definition) is 2. The Kier molecular flexibility index (Phi) is 2.78. The monoisotopic (exact) mass is 275 g/mol. The second-order valence-corrected chi connectivity index (χ2v) is 4.71. The number of hydrogen-bond donors (Lipinski definition) is 0. The summed E-state index contributed by atoms with van der Waals surface area (Å²) in [5.41, 5.74) is 0.744. The van der Waals surface area contributed by atoms with Gasteiger partial charge in [-0.3, -0.25) is 4.79 Å². The summed E-state index contributed by atoms with van der Waals surface area (Å²) in [4.78, 5) is 13.0.